The first kappa shape index (κ1) is 8.05. The monoisotopic (exact) mass is 185 g/mol. The van der Waals surface area contributed by atoms with Crippen molar-refractivity contribution < 1.29 is 0 Å². The average Bonchev–Trinajstić information content (AvgIpc) is 2.67. The summed E-state index contributed by atoms with van der Waals surface area (Å²) in [6, 6.07) is 0. The molecule has 0 atom stereocenters. The molecule has 12 heavy (non-hydrogen) atoms. The molecule has 1 fully saturated rings. The highest BCUT2D eigenvalue weighted by atomic mass is 35.5. The van der Waals surface area contributed by atoms with Crippen LogP contribution in [0.3, 0.4) is 0 Å². The van der Waals surface area contributed by atoms with Crippen LogP contribution in [-0.2, 0) is 6.54 Å². The first-order chi connectivity index (χ1) is 5.61. The van der Waals surface area contributed by atoms with Gasteiger partial charge in [0.2, 0.25) is 5.28 Å². The van der Waals surface area contributed by atoms with Gasteiger partial charge in [-0.05, 0) is 36.8 Å². The molecular formula is C8H12ClN3. The summed E-state index contributed by atoms with van der Waals surface area (Å²) < 4.78 is 1.98. The van der Waals surface area contributed by atoms with Crippen molar-refractivity contribution in [2.45, 2.75) is 33.2 Å². The predicted molar refractivity (Wildman–Crippen MR) is 47.1 cm³/mol. The molecule has 3 nitrogen and oxygen atoms in total. The van der Waals surface area contributed by atoms with Crippen molar-refractivity contribution in [2.24, 2.45) is 5.41 Å². The molecule has 1 aliphatic carbocycles. The number of aromatic nitrogens is 3. The lowest BCUT2D eigenvalue weighted by molar-refractivity contribution is 0.457. The number of aryl methyl sites for hydroxylation is 1. The fraction of sp³-hybridized carbons (Fsp3) is 0.750. The first-order valence-corrected chi connectivity index (χ1v) is 4.54. The summed E-state index contributed by atoms with van der Waals surface area (Å²) in [6.07, 6.45) is 2.59. The maximum atomic E-state index is 5.87. The molecule has 66 valence electrons. The fourth-order valence-electron chi connectivity index (χ4n) is 1.29. The highest BCUT2D eigenvalue weighted by Gasteiger charge is 2.38. The van der Waals surface area contributed by atoms with Crippen LogP contribution < -0.4 is 0 Å². The second-order valence-corrected chi connectivity index (χ2v) is 4.25. The fourth-order valence-corrected chi connectivity index (χ4v) is 1.51. The molecule has 1 aliphatic rings. The van der Waals surface area contributed by atoms with Gasteiger partial charge < -0.3 is 4.57 Å². The van der Waals surface area contributed by atoms with E-state index in [2.05, 4.69) is 17.1 Å². The largest absolute Gasteiger partial charge is 0.301 e. The SMILES string of the molecule is Cc1nnc(Cl)n1CC1(C)CC1. The van der Waals surface area contributed by atoms with E-state index in [1.807, 2.05) is 11.5 Å². The van der Waals surface area contributed by atoms with Gasteiger partial charge in [0, 0.05) is 6.54 Å². The van der Waals surface area contributed by atoms with Gasteiger partial charge in [-0.25, -0.2) is 0 Å². The van der Waals surface area contributed by atoms with Crippen LogP contribution in [0.2, 0.25) is 5.28 Å². The Balaban J connectivity index is 2.21. The lowest BCUT2D eigenvalue weighted by atomic mass is 10.1. The standard InChI is InChI=1S/C8H12ClN3/c1-6-10-11-7(9)12(6)5-8(2)3-4-8/h3-5H2,1-2H3. The van der Waals surface area contributed by atoms with Crippen LogP contribution in [0.1, 0.15) is 25.6 Å². The number of nitrogens with zero attached hydrogens (tertiary/aromatic N) is 3. The molecule has 4 heteroatoms. The summed E-state index contributed by atoms with van der Waals surface area (Å²) >= 11 is 5.87. The molecule has 1 aromatic heterocycles. The Labute approximate surface area is 76.7 Å². The summed E-state index contributed by atoms with van der Waals surface area (Å²) in [5.41, 5.74) is 0.455. The molecule has 2 rings (SSSR count). The third kappa shape index (κ3) is 1.33. The Morgan fingerprint density at radius 3 is 2.58 bits per heavy atom. The second kappa shape index (κ2) is 2.46. The van der Waals surface area contributed by atoms with Gasteiger partial charge in [0.25, 0.3) is 0 Å². The molecule has 0 spiro atoms. The summed E-state index contributed by atoms with van der Waals surface area (Å²) in [4.78, 5) is 0. The van der Waals surface area contributed by atoms with Crippen LogP contribution in [0.15, 0.2) is 0 Å². The maximum absolute atomic E-state index is 5.87. The Bertz CT molecular complexity index is 282. The van der Waals surface area contributed by atoms with E-state index in [0.717, 1.165) is 12.4 Å². The molecule has 1 heterocycles. The van der Waals surface area contributed by atoms with Gasteiger partial charge in [0.05, 0.1) is 0 Å². The smallest absolute Gasteiger partial charge is 0.225 e. The lowest BCUT2D eigenvalue weighted by Crippen LogP contribution is -2.09. The van der Waals surface area contributed by atoms with Gasteiger partial charge in [-0.1, -0.05) is 6.92 Å². The lowest BCUT2D eigenvalue weighted by Gasteiger charge is -2.10. The average molecular weight is 186 g/mol. The molecule has 1 saturated carbocycles. The van der Waals surface area contributed by atoms with Crippen LogP contribution in [0.25, 0.3) is 0 Å². The summed E-state index contributed by atoms with van der Waals surface area (Å²) in [5, 5.41) is 8.23. The quantitative estimate of drug-likeness (QED) is 0.706. The van der Waals surface area contributed by atoms with E-state index < -0.39 is 0 Å². The Morgan fingerprint density at radius 2 is 2.17 bits per heavy atom. The Kier molecular flexibility index (Phi) is 1.65. The van der Waals surface area contributed by atoms with Crippen molar-refractivity contribution in [3.8, 4) is 0 Å². The third-order valence-corrected chi connectivity index (χ3v) is 2.81. The van der Waals surface area contributed by atoms with Gasteiger partial charge >= 0.3 is 0 Å². The highest BCUT2D eigenvalue weighted by molar-refractivity contribution is 6.28. The zero-order chi connectivity index (χ0) is 8.77. The van der Waals surface area contributed by atoms with Gasteiger partial charge in [-0.15, -0.1) is 10.2 Å². The minimum Gasteiger partial charge on any atom is -0.301 e. The van der Waals surface area contributed by atoms with Crippen molar-refractivity contribution in [3.63, 3.8) is 0 Å². The summed E-state index contributed by atoms with van der Waals surface area (Å²) in [7, 11) is 0. The van der Waals surface area contributed by atoms with E-state index in [4.69, 9.17) is 11.6 Å². The minimum atomic E-state index is 0.455. The normalized spacial score (nSPS) is 19.6. The van der Waals surface area contributed by atoms with E-state index in [0.29, 0.717) is 10.7 Å². The summed E-state index contributed by atoms with van der Waals surface area (Å²) in [6.45, 7) is 5.16. The van der Waals surface area contributed by atoms with Crippen LogP contribution in [0.5, 0.6) is 0 Å². The van der Waals surface area contributed by atoms with E-state index >= 15 is 0 Å². The van der Waals surface area contributed by atoms with Crippen LogP contribution in [-0.4, -0.2) is 14.8 Å². The molecule has 0 bridgehead atoms. The Hall–Kier alpha value is -0.570. The number of rotatable bonds is 2. The molecule has 0 amide bonds. The van der Waals surface area contributed by atoms with Crippen molar-refractivity contribution in [2.75, 3.05) is 0 Å². The maximum Gasteiger partial charge on any atom is 0.225 e. The molecule has 1 aromatic rings. The first-order valence-electron chi connectivity index (χ1n) is 4.16. The second-order valence-electron chi connectivity index (χ2n) is 3.91. The van der Waals surface area contributed by atoms with Crippen LogP contribution >= 0.6 is 11.6 Å². The predicted octanol–water partition coefficient (Wildman–Crippen LogP) is 2.04. The van der Waals surface area contributed by atoms with Crippen molar-refractivity contribution >= 4 is 11.6 Å². The highest BCUT2D eigenvalue weighted by Crippen LogP contribution is 2.46. The molecule has 0 saturated heterocycles. The third-order valence-electron chi connectivity index (χ3n) is 2.53. The van der Waals surface area contributed by atoms with Gasteiger partial charge in [-0.2, -0.15) is 0 Å². The zero-order valence-corrected chi connectivity index (χ0v) is 8.10. The Morgan fingerprint density at radius 1 is 1.50 bits per heavy atom. The van der Waals surface area contributed by atoms with Crippen molar-refractivity contribution in [1.82, 2.24) is 14.8 Å². The molecule has 0 aromatic carbocycles. The van der Waals surface area contributed by atoms with Gasteiger partial charge in [0.1, 0.15) is 5.82 Å². The topological polar surface area (TPSA) is 30.7 Å². The minimum absolute atomic E-state index is 0.455. The number of hydrogen-bond donors (Lipinski definition) is 0. The number of halogens is 1. The molecule has 0 aliphatic heterocycles. The van der Waals surface area contributed by atoms with E-state index in [9.17, 15) is 0 Å². The molecular weight excluding hydrogens is 174 g/mol. The zero-order valence-electron chi connectivity index (χ0n) is 7.34. The summed E-state index contributed by atoms with van der Waals surface area (Å²) in [5.74, 6) is 0.910. The van der Waals surface area contributed by atoms with Crippen LogP contribution in [0, 0.1) is 12.3 Å². The van der Waals surface area contributed by atoms with Crippen LogP contribution in [0.4, 0.5) is 0 Å². The van der Waals surface area contributed by atoms with E-state index in [-0.39, 0.29) is 0 Å². The van der Waals surface area contributed by atoms with Crippen molar-refractivity contribution in [3.05, 3.63) is 11.1 Å². The van der Waals surface area contributed by atoms with Crippen molar-refractivity contribution in [1.29, 1.82) is 0 Å². The number of hydrogen-bond acceptors (Lipinski definition) is 2. The molecule has 0 unspecified atom stereocenters. The van der Waals surface area contributed by atoms with Gasteiger partial charge in [0.15, 0.2) is 0 Å². The van der Waals surface area contributed by atoms with Gasteiger partial charge in [-0.3, -0.25) is 0 Å². The van der Waals surface area contributed by atoms with E-state index in [1.54, 1.807) is 0 Å². The molecule has 0 radical (unpaired) electrons. The molecule has 0 N–H and O–H groups in total. The van der Waals surface area contributed by atoms with E-state index in [1.165, 1.54) is 12.8 Å².